The van der Waals surface area contributed by atoms with E-state index < -0.39 is 22.0 Å². The molecule has 0 aromatic heterocycles. The summed E-state index contributed by atoms with van der Waals surface area (Å²) in [4.78, 5) is 27.2. The van der Waals surface area contributed by atoms with Crippen LogP contribution in [-0.2, 0) is 32.6 Å². The van der Waals surface area contributed by atoms with E-state index >= 15 is 0 Å². The molecule has 8 heteroatoms. The zero-order valence-electron chi connectivity index (χ0n) is 16.9. The summed E-state index contributed by atoms with van der Waals surface area (Å²) in [6, 6.07) is 17.9. The van der Waals surface area contributed by atoms with Crippen molar-refractivity contribution in [3.8, 4) is 0 Å². The van der Waals surface area contributed by atoms with Gasteiger partial charge in [0.2, 0.25) is 21.8 Å². The molecule has 0 aliphatic rings. The van der Waals surface area contributed by atoms with Crippen LogP contribution in [0.3, 0.4) is 0 Å². The van der Waals surface area contributed by atoms with Crippen LogP contribution in [-0.4, -0.2) is 62.4 Å². The van der Waals surface area contributed by atoms with E-state index in [9.17, 15) is 18.0 Å². The molecule has 2 rings (SSSR count). The monoisotopic (exact) mass is 417 g/mol. The predicted octanol–water partition coefficient (Wildman–Crippen LogP) is 1.26. The zero-order valence-corrected chi connectivity index (χ0v) is 17.7. The third-order valence-corrected chi connectivity index (χ3v) is 5.90. The van der Waals surface area contributed by atoms with E-state index in [2.05, 4.69) is 5.32 Å². The van der Waals surface area contributed by atoms with Crippen molar-refractivity contribution in [3.63, 3.8) is 0 Å². The lowest BCUT2D eigenvalue weighted by Gasteiger charge is -2.32. The second kappa shape index (κ2) is 10.2. The average Bonchev–Trinajstić information content (AvgIpc) is 2.70. The summed E-state index contributed by atoms with van der Waals surface area (Å²) in [6.45, 7) is -0.143. The summed E-state index contributed by atoms with van der Waals surface area (Å²) >= 11 is 0. The molecule has 0 unspecified atom stereocenters. The largest absolute Gasteiger partial charge is 0.357 e. The summed E-state index contributed by atoms with van der Waals surface area (Å²) in [6.07, 6.45) is 1.36. The van der Waals surface area contributed by atoms with Crippen molar-refractivity contribution in [1.82, 2.24) is 14.5 Å². The van der Waals surface area contributed by atoms with Crippen LogP contribution in [0.1, 0.15) is 11.1 Å². The minimum absolute atomic E-state index is 0.197. The second-order valence-electron chi connectivity index (χ2n) is 6.85. The molecule has 1 atom stereocenters. The normalized spacial score (nSPS) is 12.4. The molecule has 0 radical (unpaired) electrons. The van der Waals surface area contributed by atoms with Crippen LogP contribution in [0.4, 0.5) is 0 Å². The number of rotatable bonds is 9. The number of amides is 2. The van der Waals surface area contributed by atoms with E-state index in [1.54, 1.807) is 0 Å². The molecule has 156 valence electrons. The van der Waals surface area contributed by atoms with Crippen LogP contribution in [0.5, 0.6) is 0 Å². The average molecular weight is 418 g/mol. The van der Waals surface area contributed by atoms with Crippen LogP contribution in [0.15, 0.2) is 60.7 Å². The number of sulfonamides is 1. The Labute approximate surface area is 172 Å². The molecule has 0 aliphatic heterocycles. The van der Waals surface area contributed by atoms with Crippen molar-refractivity contribution in [1.29, 1.82) is 0 Å². The van der Waals surface area contributed by atoms with Crippen molar-refractivity contribution < 1.29 is 18.0 Å². The van der Waals surface area contributed by atoms with Gasteiger partial charge in [-0.2, -0.15) is 4.31 Å². The maximum absolute atomic E-state index is 13.1. The Morgan fingerprint density at radius 1 is 0.966 bits per heavy atom. The van der Waals surface area contributed by atoms with Gasteiger partial charge >= 0.3 is 0 Å². The lowest BCUT2D eigenvalue weighted by Crippen LogP contribution is -2.52. The number of hydrogen-bond acceptors (Lipinski definition) is 4. The molecule has 1 N–H and O–H groups in total. The molecule has 0 saturated heterocycles. The molecule has 0 spiro atoms. The Morgan fingerprint density at radius 2 is 1.48 bits per heavy atom. The maximum Gasteiger partial charge on any atom is 0.242 e. The number of nitrogens with zero attached hydrogens (tertiary/aromatic N) is 2. The van der Waals surface area contributed by atoms with E-state index in [-0.39, 0.29) is 19.0 Å². The van der Waals surface area contributed by atoms with Crippen molar-refractivity contribution in [2.45, 2.75) is 19.0 Å². The highest BCUT2D eigenvalue weighted by atomic mass is 32.2. The lowest BCUT2D eigenvalue weighted by atomic mass is 10.0. The molecule has 0 aliphatic carbocycles. The minimum atomic E-state index is -3.53. The van der Waals surface area contributed by atoms with Gasteiger partial charge in [-0.05, 0) is 11.1 Å². The Hall–Kier alpha value is -2.71. The molecular weight excluding hydrogens is 390 g/mol. The predicted molar refractivity (Wildman–Crippen MR) is 112 cm³/mol. The van der Waals surface area contributed by atoms with Crippen LogP contribution >= 0.6 is 0 Å². The van der Waals surface area contributed by atoms with Gasteiger partial charge in [-0.1, -0.05) is 60.7 Å². The van der Waals surface area contributed by atoms with E-state index in [1.807, 2.05) is 60.7 Å². The molecule has 0 saturated carbocycles. The van der Waals surface area contributed by atoms with Gasteiger partial charge in [0.15, 0.2) is 0 Å². The first-order chi connectivity index (χ1) is 13.7. The Bertz CT molecular complexity index is 917. The van der Waals surface area contributed by atoms with Gasteiger partial charge in [0.1, 0.15) is 6.04 Å². The Morgan fingerprint density at radius 3 is 1.97 bits per heavy atom. The number of carbonyl (C=O) groups excluding carboxylic acids is 2. The SMILES string of the molecule is CNC(=O)[C@H](Cc1ccccc1)N(Cc1ccccc1)C(=O)CN(C)S(C)(=O)=O. The topological polar surface area (TPSA) is 86.8 Å². The van der Waals surface area contributed by atoms with Crippen LogP contribution in [0.2, 0.25) is 0 Å². The molecule has 2 aromatic rings. The van der Waals surface area contributed by atoms with E-state index in [1.165, 1.54) is 19.0 Å². The molecule has 2 aromatic carbocycles. The van der Waals surface area contributed by atoms with E-state index in [0.29, 0.717) is 6.42 Å². The lowest BCUT2D eigenvalue weighted by molar-refractivity contribution is -0.141. The van der Waals surface area contributed by atoms with Crippen molar-refractivity contribution in [2.24, 2.45) is 0 Å². The Balaban J connectivity index is 2.37. The third kappa shape index (κ3) is 6.69. The highest BCUT2D eigenvalue weighted by Crippen LogP contribution is 2.15. The van der Waals surface area contributed by atoms with Crippen molar-refractivity contribution in [3.05, 3.63) is 71.8 Å². The molecule has 0 fully saturated rings. The zero-order chi connectivity index (χ0) is 21.4. The smallest absolute Gasteiger partial charge is 0.242 e. The number of carbonyl (C=O) groups is 2. The second-order valence-corrected chi connectivity index (χ2v) is 8.94. The van der Waals surface area contributed by atoms with Crippen molar-refractivity contribution in [2.75, 3.05) is 26.9 Å². The highest BCUT2D eigenvalue weighted by Gasteiger charge is 2.31. The fraction of sp³-hybridized carbons (Fsp3) is 0.333. The van der Waals surface area contributed by atoms with Gasteiger partial charge in [0.05, 0.1) is 12.8 Å². The number of benzene rings is 2. The summed E-state index contributed by atoms with van der Waals surface area (Å²) in [5.41, 5.74) is 1.76. The molecular formula is C21H27N3O4S. The molecule has 7 nitrogen and oxygen atoms in total. The van der Waals surface area contributed by atoms with Gasteiger partial charge in [-0.15, -0.1) is 0 Å². The standard InChI is InChI=1S/C21H27N3O4S/c1-22-21(26)19(14-17-10-6-4-7-11-17)24(15-18-12-8-5-9-13-18)20(25)16-23(2)29(3,27)28/h4-13,19H,14-16H2,1-3H3,(H,22,26)/t19-/m0/s1. The number of likely N-dealkylation sites (N-methyl/N-ethyl adjacent to an activating group) is 2. The van der Waals surface area contributed by atoms with Gasteiger partial charge < -0.3 is 10.2 Å². The fourth-order valence-corrected chi connectivity index (χ4v) is 3.24. The van der Waals surface area contributed by atoms with Crippen LogP contribution < -0.4 is 5.32 Å². The first kappa shape index (κ1) is 22.6. The third-order valence-electron chi connectivity index (χ3n) is 4.64. The number of hydrogen-bond donors (Lipinski definition) is 1. The van der Waals surface area contributed by atoms with Gasteiger partial charge in [-0.3, -0.25) is 9.59 Å². The number of nitrogens with one attached hydrogen (secondary N) is 1. The molecule has 2 amide bonds. The summed E-state index contributed by atoms with van der Waals surface area (Å²) in [5.74, 6) is -0.744. The minimum Gasteiger partial charge on any atom is -0.357 e. The van der Waals surface area contributed by atoms with Crippen molar-refractivity contribution >= 4 is 21.8 Å². The Kier molecular flexibility index (Phi) is 7.92. The fourth-order valence-electron chi connectivity index (χ4n) is 2.90. The van der Waals surface area contributed by atoms with Gasteiger partial charge in [0, 0.05) is 27.1 Å². The summed E-state index contributed by atoms with van der Waals surface area (Å²) in [5, 5.41) is 2.63. The quantitative estimate of drug-likeness (QED) is 0.666. The molecule has 0 heterocycles. The van der Waals surface area contributed by atoms with E-state index in [4.69, 9.17) is 0 Å². The van der Waals surface area contributed by atoms with Crippen LogP contribution in [0, 0.1) is 0 Å². The van der Waals surface area contributed by atoms with Gasteiger partial charge in [-0.25, -0.2) is 8.42 Å². The first-order valence-electron chi connectivity index (χ1n) is 9.22. The molecule has 0 bridgehead atoms. The summed E-state index contributed by atoms with van der Waals surface area (Å²) in [7, 11) is -0.660. The first-order valence-corrected chi connectivity index (χ1v) is 11.1. The maximum atomic E-state index is 13.1. The van der Waals surface area contributed by atoms with Crippen LogP contribution in [0.25, 0.3) is 0 Å². The van der Waals surface area contributed by atoms with Gasteiger partial charge in [0.25, 0.3) is 0 Å². The molecule has 29 heavy (non-hydrogen) atoms. The summed E-state index contributed by atoms with van der Waals surface area (Å²) < 4.78 is 24.5. The van der Waals surface area contributed by atoms with E-state index in [0.717, 1.165) is 21.7 Å². The highest BCUT2D eigenvalue weighted by molar-refractivity contribution is 7.88.